The molecule has 3 nitrogen and oxygen atoms in total. The third-order valence-electron chi connectivity index (χ3n) is 8.75. The molecule has 0 amide bonds. The van der Waals surface area contributed by atoms with Crippen molar-refractivity contribution in [3.63, 3.8) is 0 Å². The smallest absolute Gasteiger partial charge is 0.381 e. The van der Waals surface area contributed by atoms with Crippen LogP contribution in [0.1, 0.15) is 65.7 Å². The molecule has 2 fully saturated rings. The molecule has 2 saturated carbocycles. The lowest BCUT2D eigenvalue weighted by atomic mass is 9.48. The maximum atomic E-state index is 14.2. The summed E-state index contributed by atoms with van der Waals surface area (Å²) in [4.78, 5) is 24.6. The largest absolute Gasteiger partial charge is 0.392 e. The van der Waals surface area contributed by atoms with Crippen molar-refractivity contribution in [3.05, 3.63) is 23.3 Å². The van der Waals surface area contributed by atoms with Crippen molar-refractivity contribution in [2.24, 2.45) is 28.6 Å². The Hall–Kier alpha value is -1.43. The van der Waals surface area contributed by atoms with E-state index in [1.54, 1.807) is 13.8 Å². The van der Waals surface area contributed by atoms with Crippen LogP contribution in [0.5, 0.6) is 0 Å². The number of ketones is 2. The average Bonchev–Trinajstić information content (AvgIpc) is 2.92. The van der Waals surface area contributed by atoms with Gasteiger partial charge in [-0.2, -0.15) is 13.2 Å². The van der Waals surface area contributed by atoms with Crippen LogP contribution < -0.4 is 0 Å². The second-order valence-electron chi connectivity index (χ2n) is 9.91. The van der Waals surface area contributed by atoms with E-state index in [-0.39, 0.29) is 30.8 Å². The van der Waals surface area contributed by atoms with Crippen LogP contribution in [0, 0.1) is 28.6 Å². The van der Waals surface area contributed by atoms with E-state index in [1.807, 2.05) is 13.0 Å². The number of allylic oxidation sites excluding steroid dienone is 4. The number of aliphatic hydroxyl groups is 1. The quantitative estimate of drug-likeness (QED) is 0.657. The van der Waals surface area contributed by atoms with E-state index in [1.165, 1.54) is 6.08 Å². The predicted octanol–water partition coefficient (Wildman–Crippen LogP) is 4.94. The average molecular weight is 410 g/mol. The summed E-state index contributed by atoms with van der Waals surface area (Å²) in [6, 6.07) is 0. The van der Waals surface area contributed by atoms with Crippen LogP contribution in [0.15, 0.2) is 23.3 Å². The fraction of sp³-hybridized carbons (Fsp3) is 0.739. The van der Waals surface area contributed by atoms with Gasteiger partial charge in [0.25, 0.3) is 0 Å². The molecule has 0 radical (unpaired) electrons. The second kappa shape index (κ2) is 6.29. The third kappa shape index (κ3) is 2.67. The summed E-state index contributed by atoms with van der Waals surface area (Å²) in [6.07, 6.45) is 0.847. The van der Waals surface area contributed by atoms with Crippen LogP contribution in [0.3, 0.4) is 0 Å². The van der Waals surface area contributed by atoms with Gasteiger partial charge in [-0.25, -0.2) is 0 Å². The fourth-order valence-electron chi connectivity index (χ4n) is 6.94. The van der Waals surface area contributed by atoms with Crippen molar-refractivity contribution in [3.8, 4) is 0 Å². The van der Waals surface area contributed by atoms with Crippen molar-refractivity contribution in [1.29, 1.82) is 0 Å². The lowest BCUT2D eigenvalue weighted by Crippen LogP contribution is -2.57. The summed E-state index contributed by atoms with van der Waals surface area (Å²) in [5.41, 5.74) is -1.61. The molecule has 1 N–H and O–H groups in total. The molecule has 3 unspecified atom stereocenters. The molecular formula is C23H29F3O3. The Balaban J connectivity index is 1.87. The zero-order valence-corrected chi connectivity index (χ0v) is 17.2. The fourth-order valence-corrected chi connectivity index (χ4v) is 6.94. The monoisotopic (exact) mass is 410 g/mol. The second-order valence-corrected chi connectivity index (χ2v) is 9.91. The Kier molecular flexibility index (Phi) is 4.51. The summed E-state index contributed by atoms with van der Waals surface area (Å²) >= 11 is 0. The van der Waals surface area contributed by atoms with Crippen LogP contribution in [-0.2, 0) is 9.59 Å². The van der Waals surface area contributed by atoms with Crippen molar-refractivity contribution < 1.29 is 27.9 Å². The van der Waals surface area contributed by atoms with E-state index in [0.717, 1.165) is 5.57 Å². The molecule has 0 aromatic carbocycles. The van der Waals surface area contributed by atoms with Crippen molar-refractivity contribution in [2.45, 2.75) is 77.5 Å². The molecule has 4 rings (SSSR count). The van der Waals surface area contributed by atoms with E-state index in [4.69, 9.17) is 0 Å². The zero-order chi connectivity index (χ0) is 21.4. The van der Waals surface area contributed by atoms with Gasteiger partial charge < -0.3 is 5.11 Å². The van der Waals surface area contributed by atoms with E-state index in [9.17, 15) is 27.9 Å². The number of carbonyl (C=O) groups is 2. The summed E-state index contributed by atoms with van der Waals surface area (Å²) < 4.78 is 42.7. The normalized spacial score (nSPS) is 44.4. The van der Waals surface area contributed by atoms with Gasteiger partial charge in [0.15, 0.2) is 11.6 Å². The van der Waals surface area contributed by atoms with Crippen molar-refractivity contribution >= 4 is 11.6 Å². The number of carbonyl (C=O) groups excluding carboxylic acids is 2. The molecule has 0 aromatic rings. The molecule has 0 heterocycles. The van der Waals surface area contributed by atoms with Crippen molar-refractivity contribution in [2.75, 3.05) is 0 Å². The van der Waals surface area contributed by atoms with Gasteiger partial charge >= 0.3 is 6.18 Å². The highest BCUT2D eigenvalue weighted by Crippen LogP contribution is 2.68. The Labute approximate surface area is 169 Å². The molecule has 4 aliphatic rings. The zero-order valence-electron chi connectivity index (χ0n) is 17.2. The highest BCUT2D eigenvalue weighted by Gasteiger charge is 2.67. The minimum Gasteiger partial charge on any atom is -0.381 e. The number of Topliss-reactive ketones (excluding diaryl/α,β-unsaturated/α-hetero) is 1. The van der Waals surface area contributed by atoms with Crippen LogP contribution in [0.25, 0.3) is 0 Å². The van der Waals surface area contributed by atoms with Crippen LogP contribution in [0.4, 0.5) is 13.2 Å². The molecule has 160 valence electrons. The summed E-state index contributed by atoms with van der Waals surface area (Å²) in [5, 5.41) is 11.3. The molecule has 29 heavy (non-hydrogen) atoms. The Morgan fingerprint density at radius 2 is 1.97 bits per heavy atom. The first-order valence-corrected chi connectivity index (χ1v) is 10.7. The van der Waals surface area contributed by atoms with Crippen molar-refractivity contribution in [1.82, 2.24) is 0 Å². The van der Waals surface area contributed by atoms with E-state index >= 15 is 0 Å². The maximum Gasteiger partial charge on any atom is 0.392 e. The van der Waals surface area contributed by atoms with Gasteiger partial charge in [-0.3, -0.25) is 9.59 Å². The van der Waals surface area contributed by atoms with Gasteiger partial charge in [0, 0.05) is 23.7 Å². The number of alkyl halides is 3. The minimum absolute atomic E-state index is 0.0955. The van der Waals surface area contributed by atoms with Gasteiger partial charge in [0.2, 0.25) is 0 Å². The SMILES string of the molecule is CCC(=O)[C@@]1(O)CCC2C3C(=CC[C@@]21C)[C@@]1(C)CCC(=O)C=C1CC3C(F)(F)F. The Morgan fingerprint density at radius 3 is 2.59 bits per heavy atom. The Morgan fingerprint density at radius 1 is 1.28 bits per heavy atom. The molecule has 0 aliphatic heterocycles. The maximum absolute atomic E-state index is 14.2. The highest BCUT2D eigenvalue weighted by molar-refractivity contribution is 5.92. The summed E-state index contributed by atoms with van der Waals surface area (Å²) in [5.74, 6) is -3.09. The molecule has 4 aliphatic carbocycles. The number of rotatable bonds is 2. The molecule has 0 spiro atoms. The molecule has 6 atom stereocenters. The van der Waals surface area contributed by atoms with Gasteiger partial charge in [-0.05, 0) is 50.0 Å². The number of halogens is 3. The summed E-state index contributed by atoms with van der Waals surface area (Å²) in [7, 11) is 0. The lowest BCUT2D eigenvalue weighted by Gasteiger charge is -2.57. The van der Waals surface area contributed by atoms with E-state index in [0.29, 0.717) is 31.3 Å². The van der Waals surface area contributed by atoms with Gasteiger partial charge in [0.1, 0.15) is 5.60 Å². The minimum atomic E-state index is -4.40. The number of hydrogen-bond donors (Lipinski definition) is 1. The van der Waals surface area contributed by atoms with Gasteiger partial charge in [-0.1, -0.05) is 38.0 Å². The Bertz CT molecular complexity index is 826. The van der Waals surface area contributed by atoms with Crippen LogP contribution in [-0.4, -0.2) is 28.5 Å². The van der Waals surface area contributed by atoms with Crippen LogP contribution >= 0.6 is 0 Å². The van der Waals surface area contributed by atoms with Gasteiger partial charge in [-0.15, -0.1) is 0 Å². The van der Waals surface area contributed by atoms with E-state index in [2.05, 4.69) is 0 Å². The predicted molar refractivity (Wildman–Crippen MR) is 102 cm³/mol. The third-order valence-corrected chi connectivity index (χ3v) is 8.75. The molecule has 0 aromatic heterocycles. The molecule has 6 heteroatoms. The number of hydrogen-bond acceptors (Lipinski definition) is 3. The first kappa shape index (κ1) is 20.8. The molecule has 0 saturated heterocycles. The molecule has 0 bridgehead atoms. The number of fused-ring (bicyclic) bond motifs is 5. The lowest BCUT2D eigenvalue weighted by molar-refractivity contribution is -0.203. The van der Waals surface area contributed by atoms with Gasteiger partial charge in [0.05, 0.1) is 5.92 Å². The standard InChI is InChI=1S/C23H29F3O3/c1-4-18(28)22(29)10-7-16-19-15(6-9-21(16,22)3)20(2)8-5-14(27)11-13(20)12-17(19)23(24,25)26/h6,11,16-17,19,29H,4-5,7-10,12H2,1-3H3/t16?,17?,19?,20-,21-,22-/m0/s1. The van der Waals surface area contributed by atoms with Crippen LogP contribution in [0.2, 0.25) is 0 Å². The first-order valence-electron chi connectivity index (χ1n) is 10.7. The summed E-state index contributed by atoms with van der Waals surface area (Å²) in [6.45, 7) is 5.46. The van der Waals surface area contributed by atoms with E-state index < -0.39 is 40.4 Å². The highest BCUT2D eigenvalue weighted by atomic mass is 19.4. The first-order chi connectivity index (χ1) is 13.4. The topological polar surface area (TPSA) is 54.4 Å². The molecular weight excluding hydrogens is 381 g/mol.